The zero-order valence-corrected chi connectivity index (χ0v) is 19.3. The molecule has 0 bridgehead atoms. The molecule has 2 N–H and O–H groups in total. The van der Waals surface area contributed by atoms with Crippen molar-refractivity contribution in [2.75, 3.05) is 21.9 Å². The second-order valence-corrected chi connectivity index (χ2v) is 10.9. The van der Waals surface area contributed by atoms with Gasteiger partial charge in [0.2, 0.25) is 0 Å². The molecular formula is C22H17ClN2O6S2. The summed E-state index contributed by atoms with van der Waals surface area (Å²) in [4.78, 5) is 24.1. The van der Waals surface area contributed by atoms with Gasteiger partial charge >= 0.3 is 5.97 Å². The van der Waals surface area contributed by atoms with Crippen molar-refractivity contribution in [2.45, 2.75) is 9.79 Å². The number of carbonyl (C=O) groups excluding carboxylic acids is 1. The van der Waals surface area contributed by atoms with Gasteiger partial charge in [-0.3, -0.25) is 13.3 Å². The van der Waals surface area contributed by atoms with Crippen LogP contribution in [0.1, 0.15) is 20.7 Å². The lowest BCUT2D eigenvalue weighted by Crippen LogP contribution is -2.38. The van der Waals surface area contributed by atoms with E-state index in [0.717, 1.165) is 4.31 Å². The number of carbonyl (C=O) groups is 2. The van der Waals surface area contributed by atoms with Crippen LogP contribution in [0.2, 0.25) is 5.02 Å². The van der Waals surface area contributed by atoms with Crippen LogP contribution in [-0.2, 0) is 20.8 Å². The fourth-order valence-corrected chi connectivity index (χ4v) is 6.49. The number of benzene rings is 3. The number of nitrogens with zero attached hydrogens (tertiary/aromatic N) is 1. The molecular weight excluding hydrogens is 488 g/mol. The van der Waals surface area contributed by atoms with Gasteiger partial charge in [0.15, 0.2) is 0 Å². The van der Waals surface area contributed by atoms with Crippen molar-refractivity contribution in [1.82, 2.24) is 0 Å². The topological polar surface area (TPSA) is 121 Å². The van der Waals surface area contributed by atoms with Crippen molar-refractivity contribution in [2.24, 2.45) is 0 Å². The lowest BCUT2D eigenvalue weighted by Gasteiger charge is -2.30. The number of hydrogen-bond acceptors (Lipinski definition) is 5. The van der Waals surface area contributed by atoms with E-state index in [1.54, 1.807) is 6.07 Å². The van der Waals surface area contributed by atoms with Crippen molar-refractivity contribution < 1.29 is 27.3 Å². The summed E-state index contributed by atoms with van der Waals surface area (Å²) in [5.41, 5.74) is 0.760. The van der Waals surface area contributed by atoms with Gasteiger partial charge in [-0.05, 0) is 60.7 Å². The summed E-state index contributed by atoms with van der Waals surface area (Å²) in [5.74, 6) is -1.50. The van der Waals surface area contributed by atoms with E-state index in [4.69, 9.17) is 16.7 Å². The van der Waals surface area contributed by atoms with Gasteiger partial charge in [-0.2, -0.15) is 0 Å². The van der Waals surface area contributed by atoms with Crippen LogP contribution in [0.5, 0.6) is 0 Å². The van der Waals surface area contributed by atoms with Gasteiger partial charge in [0.1, 0.15) is 0 Å². The third-order valence-electron chi connectivity index (χ3n) is 4.99. The fourth-order valence-electron chi connectivity index (χ4n) is 3.35. The van der Waals surface area contributed by atoms with Crippen molar-refractivity contribution in [1.29, 1.82) is 0 Å². The Hall–Kier alpha value is -3.21. The maximum atomic E-state index is 13.3. The van der Waals surface area contributed by atoms with Crippen LogP contribution in [0.3, 0.4) is 0 Å². The minimum absolute atomic E-state index is 0.0120. The number of carboxylic acids is 1. The minimum Gasteiger partial charge on any atom is -0.478 e. The molecule has 0 radical (unpaired) electrons. The maximum absolute atomic E-state index is 13.3. The molecule has 1 heterocycles. The Bertz CT molecular complexity index is 1390. The molecule has 33 heavy (non-hydrogen) atoms. The summed E-state index contributed by atoms with van der Waals surface area (Å²) >= 11 is 5.97. The molecule has 0 fully saturated rings. The summed E-state index contributed by atoms with van der Waals surface area (Å²) in [6, 6.07) is 15.8. The molecule has 1 unspecified atom stereocenters. The number of hydrogen-bond donors (Lipinski definition) is 2. The number of carboxylic acid groups (broad SMARTS) is 1. The van der Waals surface area contributed by atoms with E-state index >= 15 is 0 Å². The van der Waals surface area contributed by atoms with Crippen LogP contribution >= 0.6 is 11.6 Å². The third-order valence-corrected chi connectivity index (χ3v) is 8.42. The van der Waals surface area contributed by atoms with Gasteiger partial charge in [0.25, 0.3) is 15.9 Å². The summed E-state index contributed by atoms with van der Waals surface area (Å²) in [5, 5.41) is 11.9. The van der Waals surface area contributed by atoms with Gasteiger partial charge < -0.3 is 10.4 Å². The lowest BCUT2D eigenvalue weighted by molar-refractivity contribution is 0.0696. The van der Waals surface area contributed by atoms with Crippen molar-refractivity contribution >= 4 is 55.7 Å². The van der Waals surface area contributed by atoms with Crippen molar-refractivity contribution in [3.05, 3.63) is 82.9 Å². The number of nitrogens with one attached hydrogen (secondary N) is 1. The highest BCUT2D eigenvalue weighted by Crippen LogP contribution is 2.34. The first-order valence-corrected chi connectivity index (χ1v) is 12.8. The number of halogens is 1. The molecule has 0 saturated carbocycles. The number of amides is 1. The normalized spacial score (nSPS) is 15.5. The van der Waals surface area contributed by atoms with E-state index in [1.807, 2.05) is 0 Å². The molecule has 0 aromatic heterocycles. The second kappa shape index (κ2) is 8.97. The Morgan fingerprint density at radius 3 is 2.36 bits per heavy atom. The standard InChI is InChI=1S/C22H17ClN2O6S2/c23-16-2-1-3-18(13-16)33(30,31)25-10-11-32(29)20-9-6-15(12-19(20)25)21(26)24-17-7-4-14(5-8-17)22(27)28/h1-9,12-13H,10-11H2,(H,24,26)(H,27,28). The van der Waals surface area contributed by atoms with E-state index < -0.39 is 32.7 Å². The van der Waals surface area contributed by atoms with E-state index in [-0.39, 0.29) is 39.0 Å². The van der Waals surface area contributed by atoms with Gasteiger partial charge in [-0.25, -0.2) is 13.2 Å². The van der Waals surface area contributed by atoms with Crippen LogP contribution in [0.15, 0.2) is 76.5 Å². The quantitative estimate of drug-likeness (QED) is 0.547. The van der Waals surface area contributed by atoms with E-state index in [2.05, 4.69) is 5.32 Å². The van der Waals surface area contributed by atoms with Gasteiger partial charge in [0, 0.05) is 28.6 Å². The highest BCUT2D eigenvalue weighted by molar-refractivity contribution is 7.93. The van der Waals surface area contributed by atoms with Crippen molar-refractivity contribution in [3.63, 3.8) is 0 Å². The first-order valence-electron chi connectivity index (χ1n) is 9.62. The predicted octanol–water partition coefficient (Wildman–Crippen LogP) is 3.61. The molecule has 8 nitrogen and oxygen atoms in total. The zero-order valence-electron chi connectivity index (χ0n) is 16.9. The maximum Gasteiger partial charge on any atom is 0.335 e. The zero-order chi connectivity index (χ0) is 23.8. The van der Waals surface area contributed by atoms with Gasteiger partial charge in [-0.1, -0.05) is 17.7 Å². The molecule has 1 atom stereocenters. The molecule has 0 saturated heterocycles. The fraction of sp³-hybridized carbons (Fsp3) is 0.0909. The van der Waals surface area contributed by atoms with E-state index in [9.17, 15) is 22.2 Å². The smallest absolute Gasteiger partial charge is 0.335 e. The number of fused-ring (bicyclic) bond motifs is 1. The van der Waals surface area contributed by atoms with Crippen LogP contribution in [-0.4, -0.2) is 41.9 Å². The number of sulfonamides is 1. The highest BCUT2D eigenvalue weighted by atomic mass is 35.5. The van der Waals surface area contributed by atoms with Gasteiger partial charge in [0.05, 0.1) is 31.8 Å². The summed E-state index contributed by atoms with van der Waals surface area (Å²) in [6.45, 7) is -0.0177. The third kappa shape index (κ3) is 4.63. The Morgan fingerprint density at radius 2 is 1.70 bits per heavy atom. The van der Waals surface area contributed by atoms with Crippen molar-refractivity contribution in [3.8, 4) is 0 Å². The molecule has 1 amide bonds. The molecule has 0 aliphatic carbocycles. The SMILES string of the molecule is O=C(O)c1ccc(NC(=O)c2ccc3c(c2)N(S(=O)(=O)c2cccc(Cl)c2)CCS3=O)cc1. The van der Waals surface area contributed by atoms with E-state index in [0.29, 0.717) is 10.6 Å². The summed E-state index contributed by atoms with van der Waals surface area (Å²) < 4.78 is 40.2. The highest BCUT2D eigenvalue weighted by Gasteiger charge is 2.32. The Morgan fingerprint density at radius 1 is 1.00 bits per heavy atom. The van der Waals surface area contributed by atoms with Crippen LogP contribution in [0.4, 0.5) is 11.4 Å². The molecule has 3 aromatic carbocycles. The minimum atomic E-state index is -4.01. The molecule has 3 aromatic rings. The Labute approximate surface area is 197 Å². The molecule has 4 rings (SSSR count). The first kappa shape index (κ1) is 23.0. The van der Waals surface area contributed by atoms with Crippen LogP contribution in [0.25, 0.3) is 0 Å². The monoisotopic (exact) mass is 504 g/mol. The van der Waals surface area contributed by atoms with Crippen LogP contribution < -0.4 is 9.62 Å². The number of aromatic carboxylic acids is 1. The summed E-state index contributed by atoms with van der Waals surface area (Å²) in [7, 11) is -5.43. The largest absolute Gasteiger partial charge is 0.478 e. The Kier molecular flexibility index (Phi) is 6.24. The van der Waals surface area contributed by atoms with E-state index in [1.165, 1.54) is 60.7 Å². The average Bonchev–Trinajstić information content (AvgIpc) is 2.79. The molecule has 11 heteroatoms. The lowest BCUT2D eigenvalue weighted by atomic mass is 10.1. The Balaban J connectivity index is 1.68. The first-order chi connectivity index (χ1) is 15.7. The second-order valence-electron chi connectivity index (χ2n) is 7.10. The molecule has 1 aliphatic rings. The average molecular weight is 505 g/mol. The molecule has 1 aliphatic heterocycles. The van der Waals surface area contributed by atoms with Gasteiger partial charge in [-0.15, -0.1) is 0 Å². The summed E-state index contributed by atoms with van der Waals surface area (Å²) in [6.07, 6.45) is 0. The molecule has 170 valence electrons. The number of rotatable bonds is 5. The predicted molar refractivity (Wildman–Crippen MR) is 125 cm³/mol. The van der Waals surface area contributed by atoms with Crippen LogP contribution in [0, 0.1) is 0 Å². The molecule has 0 spiro atoms. The number of anilines is 2.